The quantitative estimate of drug-likeness (QED) is 0.750. The Morgan fingerprint density at radius 1 is 1.19 bits per heavy atom. The average molecular weight is 455 g/mol. The summed E-state index contributed by atoms with van der Waals surface area (Å²) < 4.78 is 39.0. The van der Waals surface area contributed by atoms with Gasteiger partial charge in [0.15, 0.2) is 0 Å². The van der Waals surface area contributed by atoms with Crippen LogP contribution >= 0.6 is 15.9 Å². The number of halogens is 1. The maximum absolute atomic E-state index is 12.7. The number of nitrogens with zero attached hydrogens (tertiary/aromatic N) is 1. The molecule has 1 aliphatic rings. The maximum Gasteiger partial charge on any atom is 0.261 e. The minimum Gasteiger partial charge on any atom is -0.496 e. The smallest absolute Gasteiger partial charge is 0.261 e. The summed E-state index contributed by atoms with van der Waals surface area (Å²) in [6, 6.07) is 10.9. The lowest BCUT2D eigenvalue weighted by Gasteiger charge is -2.27. The van der Waals surface area contributed by atoms with Gasteiger partial charge < -0.3 is 14.4 Å². The minimum atomic E-state index is -3.84. The number of hydrogen-bond acceptors (Lipinski definition) is 5. The number of benzene rings is 2. The first-order valence-corrected chi connectivity index (χ1v) is 10.5. The number of hydrogen-bond donors (Lipinski definition) is 1. The van der Waals surface area contributed by atoms with Crippen molar-refractivity contribution in [2.45, 2.75) is 4.90 Å². The van der Waals surface area contributed by atoms with Gasteiger partial charge >= 0.3 is 0 Å². The van der Waals surface area contributed by atoms with Gasteiger partial charge in [-0.1, -0.05) is 6.07 Å². The highest BCUT2D eigenvalue weighted by Crippen LogP contribution is 2.29. The fourth-order valence-corrected chi connectivity index (χ4v) is 4.32. The Morgan fingerprint density at radius 3 is 2.59 bits per heavy atom. The van der Waals surface area contributed by atoms with E-state index in [1.165, 1.54) is 19.2 Å². The van der Waals surface area contributed by atoms with Gasteiger partial charge in [-0.15, -0.1) is 0 Å². The van der Waals surface area contributed by atoms with Crippen LogP contribution in [-0.2, 0) is 14.8 Å². The normalized spacial score (nSPS) is 14.7. The number of amides is 1. The Hall–Kier alpha value is -2.10. The van der Waals surface area contributed by atoms with Crippen LogP contribution in [0.5, 0.6) is 5.75 Å². The molecule has 7 nitrogen and oxygen atoms in total. The Bertz CT molecular complexity index is 943. The van der Waals surface area contributed by atoms with Crippen molar-refractivity contribution in [2.75, 3.05) is 38.1 Å². The summed E-state index contributed by atoms with van der Waals surface area (Å²) in [7, 11) is -2.31. The van der Waals surface area contributed by atoms with E-state index < -0.39 is 10.0 Å². The number of ether oxygens (including phenoxy) is 2. The standard InChI is InChI=1S/C18H19BrN2O5S/c1-25-17-6-5-14(12-16(17)19)20-27(23,24)15-4-2-3-13(11-15)18(22)21-7-9-26-10-8-21/h2-6,11-12,20H,7-10H2,1H3. The van der Waals surface area contributed by atoms with Gasteiger partial charge in [0.1, 0.15) is 5.75 Å². The molecule has 2 aromatic carbocycles. The third kappa shape index (κ3) is 4.60. The summed E-state index contributed by atoms with van der Waals surface area (Å²) in [5.74, 6) is 0.388. The second kappa shape index (κ2) is 8.28. The first-order chi connectivity index (χ1) is 12.9. The Kier molecular flexibility index (Phi) is 6.03. The lowest BCUT2D eigenvalue weighted by Crippen LogP contribution is -2.40. The fourth-order valence-electron chi connectivity index (χ4n) is 2.69. The van der Waals surface area contributed by atoms with E-state index in [0.29, 0.717) is 47.8 Å². The summed E-state index contributed by atoms with van der Waals surface area (Å²) in [5, 5.41) is 0. The number of methoxy groups -OCH3 is 1. The van der Waals surface area contributed by atoms with Crippen LogP contribution in [0.1, 0.15) is 10.4 Å². The van der Waals surface area contributed by atoms with E-state index in [-0.39, 0.29) is 10.8 Å². The molecule has 144 valence electrons. The van der Waals surface area contributed by atoms with E-state index in [1.807, 2.05) is 0 Å². The molecule has 0 spiro atoms. The molecule has 27 heavy (non-hydrogen) atoms. The third-order valence-corrected chi connectivity index (χ3v) is 6.09. The molecule has 1 saturated heterocycles. The lowest BCUT2D eigenvalue weighted by atomic mass is 10.2. The second-order valence-corrected chi connectivity index (χ2v) is 8.42. The molecule has 2 aromatic rings. The van der Waals surface area contributed by atoms with Crippen LogP contribution in [0.2, 0.25) is 0 Å². The van der Waals surface area contributed by atoms with Crippen LogP contribution in [0.3, 0.4) is 0 Å². The predicted molar refractivity (Wildman–Crippen MR) is 105 cm³/mol. The van der Waals surface area contributed by atoms with E-state index >= 15 is 0 Å². The van der Waals surface area contributed by atoms with E-state index in [4.69, 9.17) is 9.47 Å². The molecule has 0 aromatic heterocycles. The monoisotopic (exact) mass is 454 g/mol. The molecule has 0 radical (unpaired) electrons. The zero-order chi connectivity index (χ0) is 19.4. The lowest BCUT2D eigenvalue weighted by molar-refractivity contribution is 0.0302. The zero-order valence-electron chi connectivity index (χ0n) is 14.6. The van der Waals surface area contributed by atoms with Gasteiger partial charge in [-0.05, 0) is 52.3 Å². The molecule has 1 amide bonds. The Balaban J connectivity index is 1.82. The van der Waals surface area contributed by atoms with Crippen LogP contribution in [0, 0.1) is 0 Å². The van der Waals surface area contributed by atoms with Crippen molar-refractivity contribution in [2.24, 2.45) is 0 Å². The van der Waals surface area contributed by atoms with E-state index in [1.54, 1.807) is 35.2 Å². The number of morpholine rings is 1. The maximum atomic E-state index is 12.7. The molecule has 1 aliphatic heterocycles. The van der Waals surface area contributed by atoms with Crippen molar-refractivity contribution in [3.05, 3.63) is 52.5 Å². The average Bonchev–Trinajstić information content (AvgIpc) is 2.68. The topological polar surface area (TPSA) is 84.9 Å². The van der Waals surface area contributed by atoms with Gasteiger partial charge in [0.2, 0.25) is 0 Å². The summed E-state index contributed by atoms with van der Waals surface area (Å²) in [6.45, 7) is 1.96. The summed E-state index contributed by atoms with van der Waals surface area (Å²) in [5.41, 5.74) is 0.711. The number of nitrogens with one attached hydrogen (secondary N) is 1. The second-order valence-electron chi connectivity index (χ2n) is 5.89. The number of carbonyl (C=O) groups is 1. The molecule has 0 aliphatic carbocycles. The molecule has 1 fully saturated rings. The number of anilines is 1. The Morgan fingerprint density at radius 2 is 1.93 bits per heavy atom. The SMILES string of the molecule is COc1ccc(NS(=O)(=O)c2cccc(C(=O)N3CCOCC3)c2)cc1Br. The van der Waals surface area contributed by atoms with Gasteiger partial charge in [0.25, 0.3) is 15.9 Å². The highest BCUT2D eigenvalue weighted by Gasteiger charge is 2.21. The number of carbonyl (C=O) groups excluding carboxylic acids is 1. The third-order valence-electron chi connectivity index (χ3n) is 4.09. The Labute approximate surface area is 166 Å². The van der Waals surface area contributed by atoms with Gasteiger partial charge in [0.05, 0.1) is 35.4 Å². The van der Waals surface area contributed by atoms with Crippen molar-refractivity contribution < 1.29 is 22.7 Å². The van der Waals surface area contributed by atoms with Gasteiger partial charge in [-0.3, -0.25) is 9.52 Å². The van der Waals surface area contributed by atoms with Gasteiger partial charge in [0, 0.05) is 18.7 Å². The molecule has 3 rings (SSSR count). The van der Waals surface area contributed by atoms with Crippen LogP contribution in [0.4, 0.5) is 5.69 Å². The number of sulfonamides is 1. The highest BCUT2D eigenvalue weighted by molar-refractivity contribution is 9.10. The van der Waals surface area contributed by atoms with Crippen molar-refractivity contribution in [1.82, 2.24) is 4.90 Å². The molecule has 0 bridgehead atoms. The predicted octanol–water partition coefficient (Wildman–Crippen LogP) is 2.73. The fraction of sp³-hybridized carbons (Fsp3) is 0.278. The first kappa shape index (κ1) is 19.7. The summed E-state index contributed by atoms with van der Waals surface area (Å²) in [4.78, 5) is 14.3. The first-order valence-electron chi connectivity index (χ1n) is 8.24. The molecule has 1 heterocycles. The van der Waals surface area contributed by atoms with Crippen molar-refractivity contribution in [1.29, 1.82) is 0 Å². The molecule has 0 saturated carbocycles. The van der Waals surface area contributed by atoms with Crippen molar-refractivity contribution >= 4 is 37.5 Å². The molecule has 0 atom stereocenters. The largest absolute Gasteiger partial charge is 0.496 e. The molecular weight excluding hydrogens is 436 g/mol. The van der Waals surface area contributed by atoms with Crippen LogP contribution in [0.15, 0.2) is 51.8 Å². The van der Waals surface area contributed by atoms with Gasteiger partial charge in [-0.25, -0.2) is 8.42 Å². The van der Waals surface area contributed by atoms with E-state index in [2.05, 4.69) is 20.7 Å². The zero-order valence-corrected chi connectivity index (χ0v) is 17.0. The van der Waals surface area contributed by atoms with Crippen molar-refractivity contribution in [3.63, 3.8) is 0 Å². The van der Waals surface area contributed by atoms with Crippen LogP contribution in [0.25, 0.3) is 0 Å². The molecular formula is C18H19BrN2O5S. The molecule has 1 N–H and O–H groups in total. The summed E-state index contributed by atoms with van der Waals surface area (Å²) >= 11 is 3.33. The van der Waals surface area contributed by atoms with Crippen molar-refractivity contribution in [3.8, 4) is 5.75 Å². The minimum absolute atomic E-state index is 0.0218. The van der Waals surface area contributed by atoms with Crippen LogP contribution < -0.4 is 9.46 Å². The summed E-state index contributed by atoms with van der Waals surface area (Å²) in [6.07, 6.45) is 0. The molecule has 0 unspecified atom stereocenters. The van der Waals surface area contributed by atoms with E-state index in [9.17, 15) is 13.2 Å². The van der Waals surface area contributed by atoms with Crippen LogP contribution in [-0.4, -0.2) is 52.6 Å². The van der Waals surface area contributed by atoms with E-state index in [0.717, 1.165) is 0 Å². The molecule has 9 heteroatoms. The highest BCUT2D eigenvalue weighted by atomic mass is 79.9. The number of rotatable bonds is 5. The van der Waals surface area contributed by atoms with Gasteiger partial charge in [-0.2, -0.15) is 0 Å².